The zero-order valence-electron chi connectivity index (χ0n) is 13.7. The highest BCUT2D eigenvalue weighted by atomic mass is 16.2. The average Bonchev–Trinajstić information content (AvgIpc) is 2.25. The summed E-state index contributed by atoms with van der Waals surface area (Å²) in [6.07, 6.45) is 4.64. The Kier molecular flexibility index (Phi) is 8.15. The number of nitrogens with zero attached hydrogens (tertiary/aromatic N) is 1. The van der Waals surface area contributed by atoms with Crippen molar-refractivity contribution in [1.82, 2.24) is 15.5 Å². The lowest BCUT2D eigenvalue weighted by atomic mass is 10.0. The van der Waals surface area contributed by atoms with Crippen LogP contribution >= 0.6 is 0 Å². The van der Waals surface area contributed by atoms with Crippen LogP contribution in [0.4, 0.5) is 0 Å². The molecule has 0 radical (unpaired) electrons. The highest BCUT2D eigenvalue weighted by Crippen LogP contribution is 2.09. The molecule has 0 aromatic carbocycles. The van der Waals surface area contributed by atoms with Crippen LogP contribution in [-0.4, -0.2) is 49.1 Å². The number of amides is 1. The van der Waals surface area contributed by atoms with Gasteiger partial charge in [-0.2, -0.15) is 0 Å². The van der Waals surface area contributed by atoms with Crippen LogP contribution in [0.5, 0.6) is 0 Å². The smallest absolute Gasteiger partial charge is 0.234 e. The second kappa shape index (κ2) is 9.35. The Hall–Kier alpha value is -0.610. The molecule has 1 heterocycles. The lowest BCUT2D eigenvalue weighted by molar-refractivity contribution is -0.123. The van der Waals surface area contributed by atoms with Gasteiger partial charge in [-0.25, -0.2) is 0 Å². The van der Waals surface area contributed by atoms with E-state index in [2.05, 4.69) is 43.2 Å². The standard InChI is InChI=1S/C16H33N3O/c1-5-9-19(15-10-17-11-15)12-16(20)18-14(4)8-6-7-13(2)3/h13-15,17H,5-12H2,1-4H3,(H,18,20). The normalized spacial score (nSPS) is 17.3. The van der Waals surface area contributed by atoms with Crippen LogP contribution in [-0.2, 0) is 4.79 Å². The van der Waals surface area contributed by atoms with E-state index >= 15 is 0 Å². The molecular formula is C16H33N3O. The largest absolute Gasteiger partial charge is 0.353 e. The van der Waals surface area contributed by atoms with E-state index in [9.17, 15) is 4.79 Å². The Labute approximate surface area is 124 Å². The first-order valence-corrected chi connectivity index (χ1v) is 8.27. The maximum Gasteiger partial charge on any atom is 0.234 e. The van der Waals surface area contributed by atoms with Crippen LogP contribution in [0, 0.1) is 5.92 Å². The number of carbonyl (C=O) groups excluding carboxylic acids is 1. The second-order valence-electron chi connectivity index (χ2n) is 6.58. The summed E-state index contributed by atoms with van der Waals surface area (Å²) in [5, 5.41) is 6.42. The zero-order chi connectivity index (χ0) is 15.0. The minimum Gasteiger partial charge on any atom is -0.353 e. The van der Waals surface area contributed by atoms with Crippen LogP contribution < -0.4 is 10.6 Å². The van der Waals surface area contributed by atoms with Gasteiger partial charge in [0.2, 0.25) is 5.91 Å². The molecule has 0 aromatic heterocycles. The highest BCUT2D eigenvalue weighted by molar-refractivity contribution is 5.78. The molecule has 1 unspecified atom stereocenters. The lowest BCUT2D eigenvalue weighted by Crippen LogP contribution is -2.59. The monoisotopic (exact) mass is 283 g/mol. The first kappa shape index (κ1) is 17.4. The van der Waals surface area contributed by atoms with E-state index in [0.29, 0.717) is 18.6 Å². The van der Waals surface area contributed by atoms with E-state index in [-0.39, 0.29) is 5.91 Å². The fourth-order valence-corrected chi connectivity index (χ4v) is 2.62. The number of hydrogen-bond donors (Lipinski definition) is 2. The summed E-state index contributed by atoms with van der Waals surface area (Å²) in [5.41, 5.74) is 0. The van der Waals surface area contributed by atoms with Gasteiger partial charge in [0.1, 0.15) is 0 Å². The Morgan fingerprint density at radius 3 is 2.50 bits per heavy atom. The van der Waals surface area contributed by atoms with Gasteiger partial charge in [-0.15, -0.1) is 0 Å². The predicted molar refractivity (Wildman–Crippen MR) is 84.8 cm³/mol. The van der Waals surface area contributed by atoms with Crippen LogP contribution in [0.25, 0.3) is 0 Å². The molecule has 2 N–H and O–H groups in total. The third-order valence-electron chi connectivity index (χ3n) is 3.96. The molecule has 0 spiro atoms. The van der Waals surface area contributed by atoms with E-state index < -0.39 is 0 Å². The highest BCUT2D eigenvalue weighted by Gasteiger charge is 2.25. The van der Waals surface area contributed by atoms with Gasteiger partial charge < -0.3 is 10.6 Å². The molecular weight excluding hydrogens is 250 g/mol. The fraction of sp³-hybridized carbons (Fsp3) is 0.938. The number of rotatable bonds is 10. The van der Waals surface area contributed by atoms with Gasteiger partial charge in [0, 0.05) is 25.2 Å². The first-order chi connectivity index (χ1) is 9.52. The van der Waals surface area contributed by atoms with Crippen molar-refractivity contribution in [2.75, 3.05) is 26.2 Å². The van der Waals surface area contributed by atoms with Crippen molar-refractivity contribution in [1.29, 1.82) is 0 Å². The van der Waals surface area contributed by atoms with Crippen molar-refractivity contribution < 1.29 is 4.79 Å². The van der Waals surface area contributed by atoms with Crippen LogP contribution in [0.2, 0.25) is 0 Å². The number of hydrogen-bond acceptors (Lipinski definition) is 3. The molecule has 0 aliphatic carbocycles. The lowest BCUT2D eigenvalue weighted by Gasteiger charge is -2.37. The molecule has 1 aliphatic heterocycles. The van der Waals surface area contributed by atoms with Gasteiger partial charge in [0.05, 0.1) is 6.54 Å². The third kappa shape index (κ3) is 6.71. The summed E-state index contributed by atoms with van der Waals surface area (Å²) < 4.78 is 0. The fourth-order valence-electron chi connectivity index (χ4n) is 2.62. The van der Waals surface area contributed by atoms with E-state index in [1.54, 1.807) is 0 Å². The summed E-state index contributed by atoms with van der Waals surface area (Å²) in [5.74, 6) is 0.937. The quantitative estimate of drug-likeness (QED) is 0.644. The summed E-state index contributed by atoms with van der Waals surface area (Å²) in [6.45, 7) is 12.4. The van der Waals surface area contributed by atoms with E-state index in [1.165, 1.54) is 12.8 Å². The van der Waals surface area contributed by atoms with Gasteiger partial charge >= 0.3 is 0 Å². The minimum atomic E-state index is 0.183. The average molecular weight is 283 g/mol. The maximum absolute atomic E-state index is 12.1. The minimum absolute atomic E-state index is 0.183. The maximum atomic E-state index is 12.1. The van der Waals surface area contributed by atoms with Crippen LogP contribution in [0.3, 0.4) is 0 Å². The van der Waals surface area contributed by atoms with E-state index in [0.717, 1.165) is 38.4 Å². The van der Waals surface area contributed by atoms with E-state index in [4.69, 9.17) is 0 Å². The molecule has 20 heavy (non-hydrogen) atoms. The Bertz CT molecular complexity index is 277. The molecule has 0 saturated carbocycles. The van der Waals surface area contributed by atoms with Crippen molar-refractivity contribution in [2.24, 2.45) is 5.92 Å². The summed E-state index contributed by atoms with van der Waals surface area (Å²) in [6, 6.07) is 0.848. The van der Waals surface area contributed by atoms with Gasteiger partial charge in [-0.1, -0.05) is 33.6 Å². The SMILES string of the molecule is CCCN(CC(=O)NC(C)CCCC(C)C)C1CNC1. The topological polar surface area (TPSA) is 44.4 Å². The third-order valence-corrected chi connectivity index (χ3v) is 3.96. The van der Waals surface area contributed by atoms with Crippen molar-refractivity contribution in [3.63, 3.8) is 0 Å². The van der Waals surface area contributed by atoms with Crippen molar-refractivity contribution in [3.8, 4) is 0 Å². The van der Waals surface area contributed by atoms with Gasteiger partial charge in [0.15, 0.2) is 0 Å². The Balaban J connectivity index is 2.22. The molecule has 1 atom stereocenters. The first-order valence-electron chi connectivity index (χ1n) is 8.27. The number of carbonyl (C=O) groups is 1. The molecule has 1 saturated heterocycles. The summed E-state index contributed by atoms with van der Waals surface area (Å²) >= 11 is 0. The van der Waals surface area contributed by atoms with E-state index in [1.807, 2.05) is 0 Å². The van der Waals surface area contributed by atoms with Crippen molar-refractivity contribution in [2.45, 2.75) is 65.5 Å². The molecule has 0 aromatic rings. The molecule has 0 bridgehead atoms. The second-order valence-corrected chi connectivity index (χ2v) is 6.58. The van der Waals surface area contributed by atoms with Crippen LogP contribution in [0.1, 0.15) is 53.4 Å². The molecule has 118 valence electrons. The Morgan fingerprint density at radius 2 is 2.00 bits per heavy atom. The van der Waals surface area contributed by atoms with Crippen molar-refractivity contribution in [3.05, 3.63) is 0 Å². The van der Waals surface area contributed by atoms with Crippen molar-refractivity contribution >= 4 is 5.91 Å². The molecule has 1 aliphatic rings. The zero-order valence-corrected chi connectivity index (χ0v) is 13.7. The van der Waals surface area contributed by atoms with Crippen LogP contribution in [0.15, 0.2) is 0 Å². The summed E-state index contributed by atoms with van der Waals surface area (Å²) in [7, 11) is 0. The van der Waals surface area contributed by atoms with Gasteiger partial charge in [-0.05, 0) is 32.2 Å². The molecule has 4 nitrogen and oxygen atoms in total. The molecule has 4 heteroatoms. The molecule has 1 fully saturated rings. The van der Waals surface area contributed by atoms with Gasteiger partial charge in [0.25, 0.3) is 0 Å². The predicted octanol–water partition coefficient (Wildman–Crippen LogP) is 2.00. The molecule has 1 rings (SSSR count). The van der Waals surface area contributed by atoms with Gasteiger partial charge in [-0.3, -0.25) is 9.69 Å². The Morgan fingerprint density at radius 1 is 1.30 bits per heavy atom. The number of nitrogens with one attached hydrogen (secondary N) is 2. The summed E-state index contributed by atoms with van der Waals surface area (Å²) in [4.78, 5) is 14.4. The molecule has 1 amide bonds.